The number of nitrogens with one attached hydrogen (secondary N) is 2. The Labute approximate surface area is 149 Å². The van der Waals surface area contributed by atoms with Crippen molar-refractivity contribution < 1.29 is 13.2 Å². The molecule has 1 aromatic rings. The molecule has 1 aliphatic heterocycles. The van der Waals surface area contributed by atoms with Crippen molar-refractivity contribution in [2.75, 3.05) is 31.6 Å². The van der Waals surface area contributed by atoms with Crippen LogP contribution in [0.5, 0.6) is 0 Å². The Morgan fingerprint density at radius 3 is 2.76 bits per heavy atom. The highest BCUT2D eigenvalue weighted by atomic mass is 35.5. The molecule has 2 heterocycles. The maximum absolute atomic E-state index is 12.7. The standard InChI is InChI=1S/C16H21ClF3N5/c1-21-15(23-7-10-2-3-10)24-12-4-5-25(9-12)14-13(17)6-11(8-22-14)16(18,19)20/h6,8,10,12H,2-5,7,9H2,1H3,(H2,21,23,24). The van der Waals surface area contributed by atoms with Gasteiger partial charge in [0, 0.05) is 38.9 Å². The molecule has 2 aliphatic rings. The summed E-state index contributed by atoms with van der Waals surface area (Å²) in [5.74, 6) is 1.89. The third-order valence-electron chi connectivity index (χ3n) is 4.46. The molecule has 2 fully saturated rings. The second kappa shape index (κ2) is 7.27. The van der Waals surface area contributed by atoms with E-state index in [4.69, 9.17) is 11.6 Å². The van der Waals surface area contributed by atoms with Gasteiger partial charge in [-0.3, -0.25) is 4.99 Å². The monoisotopic (exact) mass is 375 g/mol. The van der Waals surface area contributed by atoms with E-state index in [1.807, 2.05) is 4.90 Å². The van der Waals surface area contributed by atoms with Crippen LogP contribution in [0.15, 0.2) is 17.3 Å². The van der Waals surface area contributed by atoms with E-state index in [1.54, 1.807) is 7.05 Å². The minimum atomic E-state index is -4.44. The first-order valence-corrected chi connectivity index (χ1v) is 8.69. The van der Waals surface area contributed by atoms with E-state index in [9.17, 15) is 13.2 Å². The number of aliphatic imine (C=N–C) groups is 1. The molecular weight excluding hydrogens is 355 g/mol. The molecule has 3 rings (SSSR count). The molecule has 1 aromatic heterocycles. The predicted molar refractivity (Wildman–Crippen MR) is 92.1 cm³/mol. The lowest BCUT2D eigenvalue weighted by Gasteiger charge is -2.21. The summed E-state index contributed by atoms with van der Waals surface area (Å²) in [5.41, 5.74) is -0.834. The zero-order chi connectivity index (χ0) is 18.0. The van der Waals surface area contributed by atoms with Gasteiger partial charge < -0.3 is 15.5 Å². The average molecular weight is 376 g/mol. The van der Waals surface area contributed by atoms with Crippen molar-refractivity contribution in [1.29, 1.82) is 0 Å². The maximum atomic E-state index is 12.7. The van der Waals surface area contributed by atoms with Crippen LogP contribution < -0.4 is 15.5 Å². The molecule has 1 saturated carbocycles. The van der Waals surface area contributed by atoms with Crippen molar-refractivity contribution >= 4 is 23.4 Å². The molecule has 0 spiro atoms. The number of pyridine rings is 1. The van der Waals surface area contributed by atoms with Gasteiger partial charge in [-0.1, -0.05) is 11.6 Å². The molecular formula is C16H21ClF3N5. The van der Waals surface area contributed by atoms with Crippen molar-refractivity contribution in [3.8, 4) is 0 Å². The van der Waals surface area contributed by atoms with Crippen LogP contribution in [0, 0.1) is 5.92 Å². The van der Waals surface area contributed by atoms with Gasteiger partial charge in [-0.2, -0.15) is 13.2 Å². The van der Waals surface area contributed by atoms with E-state index in [-0.39, 0.29) is 11.1 Å². The van der Waals surface area contributed by atoms with Crippen LogP contribution in [-0.4, -0.2) is 43.7 Å². The van der Waals surface area contributed by atoms with Gasteiger partial charge in [-0.15, -0.1) is 0 Å². The summed E-state index contributed by atoms with van der Waals surface area (Å²) < 4.78 is 38.1. The molecule has 1 saturated heterocycles. The smallest absolute Gasteiger partial charge is 0.356 e. The van der Waals surface area contributed by atoms with E-state index >= 15 is 0 Å². The van der Waals surface area contributed by atoms with Gasteiger partial charge in [-0.25, -0.2) is 4.98 Å². The van der Waals surface area contributed by atoms with Crippen LogP contribution in [0.1, 0.15) is 24.8 Å². The summed E-state index contributed by atoms with van der Waals surface area (Å²) in [4.78, 5) is 10.0. The Kier molecular flexibility index (Phi) is 5.27. The fourth-order valence-corrected chi connectivity index (χ4v) is 3.13. The zero-order valence-corrected chi connectivity index (χ0v) is 14.7. The summed E-state index contributed by atoms with van der Waals surface area (Å²) >= 11 is 6.03. The van der Waals surface area contributed by atoms with Gasteiger partial charge in [-0.05, 0) is 31.2 Å². The van der Waals surface area contributed by atoms with Crippen molar-refractivity contribution in [3.05, 3.63) is 22.8 Å². The molecule has 1 atom stereocenters. The summed E-state index contributed by atoms with van der Waals surface area (Å²) in [6.07, 6.45) is -0.246. The average Bonchev–Trinajstić information content (AvgIpc) is 3.28. The highest BCUT2D eigenvalue weighted by Crippen LogP contribution is 2.34. The van der Waals surface area contributed by atoms with Gasteiger partial charge in [0.15, 0.2) is 5.96 Å². The van der Waals surface area contributed by atoms with E-state index in [0.29, 0.717) is 18.9 Å². The van der Waals surface area contributed by atoms with E-state index in [2.05, 4.69) is 20.6 Å². The molecule has 5 nitrogen and oxygen atoms in total. The predicted octanol–water partition coefficient (Wildman–Crippen LogP) is 2.91. The van der Waals surface area contributed by atoms with Crippen molar-refractivity contribution in [2.45, 2.75) is 31.5 Å². The fraction of sp³-hybridized carbons (Fsp3) is 0.625. The zero-order valence-electron chi connectivity index (χ0n) is 13.9. The van der Waals surface area contributed by atoms with Crippen LogP contribution in [0.3, 0.4) is 0 Å². The van der Waals surface area contributed by atoms with Crippen LogP contribution in [0.4, 0.5) is 19.0 Å². The molecule has 0 amide bonds. The molecule has 0 bridgehead atoms. The minimum absolute atomic E-state index is 0.0201. The number of guanidine groups is 1. The maximum Gasteiger partial charge on any atom is 0.417 e. The summed E-state index contributed by atoms with van der Waals surface area (Å²) in [6.45, 7) is 2.21. The molecule has 0 radical (unpaired) electrons. The Morgan fingerprint density at radius 2 is 2.16 bits per heavy atom. The number of alkyl halides is 3. The third kappa shape index (κ3) is 4.68. The van der Waals surface area contributed by atoms with E-state index < -0.39 is 11.7 Å². The number of hydrogen-bond acceptors (Lipinski definition) is 3. The van der Waals surface area contributed by atoms with Crippen LogP contribution >= 0.6 is 11.6 Å². The molecule has 0 aromatic carbocycles. The van der Waals surface area contributed by atoms with Gasteiger partial charge in [0.25, 0.3) is 0 Å². The van der Waals surface area contributed by atoms with Crippen LogP contribution in [0.2, 0.25) is 5.02 Å². The number of nitrogens with zero attached hydrogens (tertiary/aromatic N) is 3. The largest absolute Gasteiger partial charge is 0.417 e. The van der Waals surface area contributed by atoms with Gasteiger partial charge in [0.2, 0.25) is 0 Å². The van der Waals surface area contributed by atoms with Crippen molar-refractivity contribution in [3.63, 3.8) is 0 Å². The van der Waals surface area contributed by atoms with E-state index in [0.717, 1.165) is 37.1 Å². The van der Waals surface area contributed by atoms with Crippen molar-refractivity contribution in [2.24, 2.45) is 10.9 Å². The van der Waals surface area contributed by atoms with Gasteiger partial charge in [0.1, 0.15) is 5.82 Å². The normalized spacial score (nSPS) is 21.6. The quantitative estimate of drug-likeness (QED) is 0.627. The first-order chi connectivity index (χ1) is 11.9. The summed E-state index contributed by atoms with van der Waals surface area (Å²) in [5, 5.41) is 6.67. The first kappa shape index (κ1) is 18.1. The third-order valence-corrected chi connectivity index (χ3v) is 4.73. The van der Waals surface area contributed by atoms with Gasteiger partial charge >= 0.3 is 6.18 Å². The SMILES string of the molecule is CN=C(NCC1CC1)NC1CCN(c2ncc(C(F)(F)F)cc2Cl)C1. The second-order valence-electron chi connectivity index (χ2n) is 6.50. The second-order valence-corrected chi connectivity index (χ2v) is 6.91. The van der Waals surface area contributed by atoms with Crippen LogP contribution in [-0.2, 0) is 6.18 Å². The summed E-state index contributed by atoms with van der Waals surface area (Å²) in [7, 11) is 1.73. The molecule has 9 heteroatoms. The Morgan fingerprint density at radius 1 is 1.40 bits per heavy atom. The topological polar surface area (TPSA) is 52.6 Å². The van der Waals surface area contributed by atoms with Gasteiger partial charge in [0.05, 0.1) is 10.6 Å². The Balaban J connectivity index is 1.58. The van der Waals surface area contributed by atoms with E-state index in [1.165, 1.54) is 12.8 Å². The number of halogens is 4. The fourth-order valence-electron chi connectivity index (χ4n) is 2.84. The first-order valence-electron chi connectivity index (χ1n) is 8.31. The van der Waals surface area contributed by atoms with Crippen LogP contribution in [0.25, 0.3) is 0 Å². The van der Waals surface area contributed by atoms with Crippen molar-refractivity contribution in [1.82, 2.24) is 15.6 Å². The minimum Gasteiger partial charge on any atom is -0.356 e. The number of rotatable bonds is 4. The number of aromatic nitrogens is 1. The number of hydrogen-bond donors (Lipinski definition) is 2. The lowest BCUT2D eigenvalue weighted by molar-refractivity contribution is -0.137. The highest BCUT2D eigenvalue weighted by Gasteiger charge is 2.33. The lowest BCUT2D eigenvalue weighted by Crippen LogP contribution is -2.45. The molecule has 2 N–H and O–H groups in total. The number of anilines is 1. The lowest BCUT2D eigenvalue weighted by atomic mass is 10.2. The Hall–Kier alpha value is -1.70. The molecule has 1 unspecified atom stereocenters. The molecule has 138 valence electrons. The Bertz CT molecular complexity index is 645. The highest BCUT2D eigenvalue weighted by molar-refractivity contribution is 6.33. The summed E-state index contributed by atoms with van der Waals surface area (Å²) in [6, 6.07) is 1.08. The molecule has 25 heavy (non-hydrogen) atoms. The molecule has 1 aliphatic carbocycles.